The van der Waals surface area contributed by atoms with Crippen LogP contribution in [0.4, 0.5) is 12.9 Å². The van der Waals surface area contributed by atoms with E-state index in [4.69, 9.17) is 4.42 Å². The molecule has 0 saturated carbocycles. The van der Waals surface area contributed by atoms with Crippen molar-refractivity contribution in [3.8, 4) is 0 Å². The first-order chi connectivity index (χ1) is 7.95. The molecule has 0 N–H and O–H groups in total. The van der Waals surface area contributed by atoms with Crippen LogP contribution in [0.15, 0.2) is 28.7 Å². The maximum atomic E-state index is 12.4. The highest BCUT2D eigenvalue weighted by atomic mass is 19.4. The molecule has 0 unspecified atom stereocenters. The molecule has 2 rings (SSSR count). The van der Waals surface area contributed by atoms with E-state index in [-0.39, 0.29) is 0 Å². The third kappa shape index (κ3) is 2.86. The molecule has 90 valence electrons. The van der Waals surface area contributed by atoms with E-state index >= 15 is 0 Å². The standard InChI is InChI=1S/C10H9BF3N2O/c1-7-15-16-10(17-7)6-8-2-4-9(5-3-8)11(12,13)14/h2-5H,6H2,1H3/q-1. The second-order valence-electron chi connectivity index (χ2n) is 3.71. The summed E-state index contributed by atoms with van der Waals surface area (Å²) in [5.41, 5.74) is 0.105. The maximum Gasteiger partial charge on any atom is 0.509 e. The first-order valence-electron chi connectivity index (χ1n) is 5.03. The van der Waals surface area contributed by atoms with Crippen LogP contribution in [0, 0.1) is 6.92 Å². The molecule has 0 atom stereocenters. The fourth-order valence-corrected chi connectivity index (χ4v) is 1.44. The molecule has 1 aromatic carbocycles. The Kier molecular flexibility index (Phi) is 2.91. The van der Waals surface area contributed by atoms with E-state index in [1.54, 1.807) is 6.92 Å². The van der Waals surface area contributed by atoms with Crippen molar-refractivity contribution >= 4 is 12.4 Å². The largest absolute Gasteiger partial charge is 0.509 e. The summed E-state index contributed by atoms with van der Waals surface area (Å²) in [7, 11) is 0. The van der Waals surface area contributed by atoms with Gasteiger partial charge < -0.3 is 17.4 Å². The number of halogens is 3. The molecule has 0 aliphatic heterocycles. The molecule has 0 aliphatic carbocycles. The zero-order valence-corrected chi connectivity index (χ0v) is 9.03. The van der Waals surface area contributed by atoms with E-state index in [2.05, 4.69) is 10.2 Å². The second-order valence-corrected chi connectivity index (χ2v) is 3.71. The zero-order chi connectivity index (χ0) is 12.5. The number of hydrogen-bond acceptors (Lipinski definition) is 3. The Labute approximate surface area is 95.7 Å². The van der Waals surface area contributed by atoms with Crippen molar-refractivity contribution in [2.75, 3.05) is 0 Å². The highest BCUT2D eigenvalue weighted by Crippen LogP contribution is 2.11. The maximum absolute atomic E-state index is 12.4. The summed E-state index contributed by atoms with van der Waals surface area (Å²) >= 11 is 0. The quantitative estimate of drug-likeness (QED) is 0.771. The van der Waals surface area contributed by atoms with E-state index in [0.717, 1.165) is 12.1 Å². The molecule has 0 amide bonds. The Hall–Kier alpha value is -1.79. The van der Waals surface area contributed by atoms with Gasteiger partial charge in [0.1, 0.15) is 0 Å². The third-order valence-electron chi connectivity index (χ3n) is 2.28. The molecule has 2 aromatic rings. The Balaban J connectivity index is 2.13. The monoisotopic (exact) mass is 241 g/mol. The highest BCUT2D eigenvalue weighted by molar-refractivity contribution is 6.73. The lowest BCUT2D eigenvalue weighted by Gasteiger charge is -2.14. The van der Waals surface area contributed by atoms with Gasteiger partial charge in [-0.15, -0.1) is 15.7 Å². The van der Waals surface area contributed by atoms with Crippen LogP contribution in [0.5, 0.6) is 0 Å². The summed E-state index contributed by atoms with van der Waals surface area (Å²) in [5, 5.41) is 7.42. The number of nitrogens with zero attached hydrogens (tertiary/aromatic N) is 2. The topological polar surface area (TPSA) is 38.9 Å². The van der Waals surface area contributed by atoms with Crippen molar-refractivity contribution in [3.05, 3.63) is 41.6 Å². The summed E-state index contributed by atoms with van der Waals surface area (Å²) < 4.78 is 42.3. The molecule has 0 aliphatic rings. The van der Waals surface area contributed by atoms with Gasteiger partial charge in [-0.2, -0.15) is 0 Å². The molecule has 3 nitrogen and oxygen atoms in total. The molecule has 0 saturated heterocycles. The van der Waals surface area contributed by atoms with Crippen LogP contribution in [0.25, 0.3) is 0 Å². The second kappa shape index (κ2) is 4.23. The fraction of sp³-hybridized carbons (Fsp3) is 0.200. The van der Waals surface area contributed by atoms with E-state index in [1.165, 1.54) is 12.1 Å². The van der Waals surface area contributed by atoms with Crippen molar-refractivity contribution in [2.45, 2.75) is 13.3 Å². The lowest BCUT2D eigenvalue weighted by molar-refractivity contribution is 0.477. The number of rotatable bonds is 3. The number of aryl methyl sites for hydroxylation is 1. The predicted molar refractivity (Wildman–Crippen MR) is 57.0 cm³/mol. The van der Waals surface area contributed by atoms with Gasteiger partial charge in [-0.25, -0.2) is 0 Å². The van der Waals surface area contributed by atoms with E-state index in [1.807, 2.05) is 0 Å². The van der Waals surface area contributed by atoms with Gasteiger partial charge in [0.25, 0.3) is 0 Å². The molecule has 0 bridgehead atoms. The minimum Gasteiger partial charge on any atom is -0.445 e. The predicted octanol–water partition coefficient (Wildman–Crippen LogP) is 2.02. The Morgan fingerprint density at radius 2 is 1.76 bits per heavy atom. The molecule has 1 aromatic heterocycles. The lowest BCUT2D eigenvalue weighted by Crippen LogP contribution is -2.33. The normalized spacial score (nSPS) is 11.8. The average molecular weight is 241 g/mol. The zero-order valence-electron chi connectivity index (χ0n) is 9.03. The van der Waals surface area contributed by atoms with Crippen LogP contribution in [0.2, 0.25) is 0 Å². The van der Waals surface area contributed by atoms with Crippen LogP contribution in [0.3, 0.4) is 0 Å². The summed E-state index contributed by atoms with van der Waals surface area (Å²) in [5.74, 6) is 0.836. The third-order valence-corrected chi connectivity index (χ3v) is 2.28. The number of aromatic nitrogens is 2. The van der Waals surface area contributed by atoms with Gasteiger partial charge in [0, 0.05) is 6.92 Å². The van der Waals surface area contributed by atoms with Crippen LogP contribution >= 0.6 is 0 Å². The minimum atomic E-state index is -4.93. The van der Waals surface area contributed by atoms with Gasteiger partial charge in [0.15, 0.2) is 0 Å². The summed E-state index contributed by atoms with van der Waals surface area (Å²) in [6, 6.07) is 4.98. The molecule has 17 heavy (non-hydrogen) atoms. The molecule has 7 heteroatoms. The Morgan fingerprint density at radius 1 is 1.12 bits per heavy atom. The van der Waals surface area contributed by atoms with E-state index in [0.29, 0.717) is 23.8 Å². The SMILES string of the molecule is Cc1nnc(Cc2ccc([B-](F)(F)F)cc2)o1. The summed E-state index contributed by atoms with van der Waals surface area (Å²) in [6.07, 6.45) is 0.339. The molecule has 1 heterocycles. The number of benzene rings is 1. The van der Waals surface area contributed by atoms with Gasteiger partial charge in [-0.05, 0) is 5.56 Å². The van der Waals surface area contributed by atoms with Crippen LogP contribution < -0.4 is 5.46 Å². The number of hydrogen-bond donors (Lipinski definition) is 0. The molecular formula is C10H9BF3N2O-. The van der Waals surface area contributed by atoms with Crippen molar-refractivity contribution in [1.29, 1.82) is 0 Å². The van der Waals surface area contributed by atoms with Gasteiger partial charge in [-0.3, -0.25) is 0 Å². The summed E-state index contributed by atoms with van der Waals surface area (Å²) in [4.78, 5) is 0. The van der Waals surface area contributed by atoms with Crippen LogP contribution in [-0.4, -0.2) is 17.2 Å². The molecule has 0 fully saturated rings. The van der Waals surface area contributed by atoms with Gasteiger partial charge in [-0.1, -0.05) is 24.3 Å². The van der Waals surface area contributed by atoms with Crippen molar-refractivity contribution in [1.82, 2.24) is 10.2 Å². The molecule has 0 radical (unpaired) electrons. The molecule has 0 spiro atoms. The fourth-order valence-electron chi connectivity index (χ4n) is 1.44. The minimum absolute atomic E-state index is 0.339. The first-order valence-corrected chi connectivity index (χ1v) is 5.03. The van der Waals surface area contributed by atoms with Crippen LogP contribution in [-0.2, 0) is 6.42 Å². The van der Waals surface area contributed by atoms with Gasteiger partial charge in [0.2, 0.25) is 11.8 Å². The van der Waals surface area contributed by atoms with Crippen molar-refractivity contribution in [2.24, 2.45) is 0 Å². The van der Waals surface area contributed by atoms with E-state index < -0.39 is 12.4 Å². The van der Waals surface area contributed by atoms with Crippen molar-refractivity contribution in [3.63, 3.8) is 0 Å². The lowest BCUT2D eigenvalue weighted by atomic mass is 9.80. The Morgan fingerprint density at radius 3 is 2.24 bits per heavy atom. The average Bonchev–Trinajstić information content (AvgIpc) is 2.63. The van der Waals surface area contributed by atoms with Gasteiger partial charge >= 0.3 is 6.98 Å². The van der Waals surface area contributed by atoms with Crippen LogP contribution in [0.1, 0.15) is 17.3 Å². The molecular weight excluding hydrogens is 232 g/mol. The first kappa shape index (κ1) is 11.7. The highest BCUT2D eigenvalue weighted by Gasteiger charge is 2.24. The Bertz CT molecular complexity index is 507. The smallest absolute Gasteiger partial charge is 0.445 e. The van der Waals surface area contributed by atoms with Gasteiger partial charge in [0.05, 0.1) is 6.42 Å². The van der Waals surface area contributed by atoms with Crippen molar-refractivity contribution < 1.29 is 17.4 Å². The van der Waals surface area contributed by atoms with E-state index in [9.17, 15) is 12.9 Å². The summed E-state index contributed by atoms with van der Waals surface area (Å²) in [6.45, 7) is -3.27.